The van der Waals surface area contributed by atoms with Crippen LogP contribution in [0, 0.1) is 0 Å². The standard InChI is InChI=1S/C16H21N2O5/c1-4-18(5-2)16(21)13-7-6-10-17(11-13)12-23-15(20)9-8-14(19)22-3/h6-11H,4-5,12H2,1-3H3/q+1/b9-8+. The summed E-state index contributed by atoms with van der Waals surface area (Å²) in [6, 6.07) is 3.41. The van der Waals surface area contributed by atoms with E-state index in [1.807, 2.05) is 13.8 Å². The minimum atomic E-state index is -0.677. The Morgan fingerprint density at radius 3 is 2.43 bits per heavy atom. The van der Waals surface area contributed by atoms with Crippen LogP contribution >= 0.6 is 0 Å². The van der Waals surface area contributed by atoms with Gasteiger partial charge in [-0.3, -0.25) is 4.79 Å². The van der Waals surface area contributed by atoms with Crippen LogP contribution in [0.2, 0.25) is 0 Å². The van der Waals surface area contributed by atoms with E-state index < -0.39 is 11.9 Å². The maximum atomic E-state index is 12.3. The number of esters is 2. The summed E-state index contributed by atoms with van der Waals surface area (Å²) in [6.45, 7) is 5.00. The monoisotopic (exact) mass is 321 g/mol. The van der Waals surface area contributed by atoms with Crippen molar-refractivity contribution in [3.8, 4) is 0 Å². The Labute approximate surface area is 135 Å². The van der Waals surface area contributed by atoms with Crippen LogP contribution < -0.4 is 4.57 Å². The van der Waals surface area contributed by atoms with Crippen LogP contribution in [0.4, 0.5) is 0 Å². The van der Waals surface area contributed by atoms with Crippen molar-refractivity contribution >= 4 is 17.8 Å². The number of rotatable bonds is 7. The molecule has 0 unspecified atom stereocenters. The summed E-state index contributed by atoms with van der Waals surface area (Å²) in [6.07, 6.45) is 5.25. The van der Waals surface area contributed by atoms with E-state index in [0.29, 0.717) is 18.7 Å². The first-order valence-corrected chi connectivity index (χ1v) is 7.23. The molecule has 0 N–H and O–H groups in total. The number of pyridine rings is 1. The van der Waals surface area contributed by atoms with Crippen molar-refractivity contribution in [3.05, 3.63) is 42.2 Å². The third kappa shape index (κ3) is 5.90. The van der Waals surface area contributed by atoms with Gasteiger partial charge in [0.15, 0.2) is 12.4 Å². The Morgan fingerprint density at radius 2 is 1.83 bits per heavy atom. The van der Waals surface area contributed by atoms with Crippen LogP contribution in [-0.4, -0.2) is 42.9 Å². The van der Waals surface area contributed by atoms with Crippen molar-refractivity contribution in [1.82, 2.24) is 4.90 Å². The van der Waals surface area contributed by atoms with E-state index in [4.69, 9.17) is 4.74 Å². The molecule has 0 bridgehead atoms. The molecule has 7 nitrogen and oxygen atoms in total. The second-order valence-electron chi connectivity index (χ2n) is 4.53. The van der Waals surface area contributed by atoms with E-state index in [2.05, 4.69) is 4.74 Å². The van der Waals surface area contributed by atoms with Crippen LogP contribution in [0.5, 0.6) is 0 Å². The summed E-state index contributed by atoms with van der Waals surface area (Å²) in [5.41, 5.74) is 0.511. The van der Waals surface area contributed by atoms with Gasteiger partial charge in [0.05, 0.1) is 7.11 Å². The number of carbonyl (C=O) groups is 3. The molecule has 1 amide bonds. The predicted octanol–water partition coefficient (Wildman–Crippen LogP) is 0.686. The van der Waals surface area contributed by atoms with Crippen LogP contribution in [0.15, 0.2) is 36.7 Å². The minimum Gasteiger partial charge on any atom is -0.466 e. The van der Waals surface area contributed by atoms with E-state index in [-0.39, 0.29) is 12.6 Å². The van der Waals surface area contributed by atoms with Crippen LogP contribution in [0.25, 0.3) is 0 Å². The number of amides is 1. The summed E-state index contributed by atoms with van der Waals surface area (Å²) < 4.78 is 10.9. The lowest BCUT2D eigenvalue weighted by atomic mass is 10.2. The molecule has 0 aromatic carbocycles. The fourth-order valence-corrected chi connectivity index (χ4v) is 1.81. The molecule has 0 radical (unpaired) electrons. The zero-order valence-electron chi connectivity index (χ0n) is 13.5. The Kier molecular flexibility index (Phi) is 7.45. The van der Waals surface area contributed by atoms with E-state index in [1.165, 1.54) is 7.11 Å². The molecule has 1 heterocycles. The topological polar surface area (TPSA) is 76.8 Å². The number of aromatic nitrogens is 1. The van der Waals surface area contributed by atoms with Gasteiger partial charge in [0, 0.05) is 31.3 Å². The first-order valence-electron chi connectivity index (χ1n) is 7.23. The number of hydrogen-bond donors (Lipinski definition) is 0. The second-order valence-corrected chi connectivity index (χ2v) is 4.53. The number of methoxy groups -OCH3 is 1. The van der Waals surface area contributed by atoms with E-state index in [0.717, 1.165) is 12.2 Å². The number of hydrogen-bond acceptors (Lipinski definition) is 5. The summed E-state index contributed by atoms with van der Waals surface area (Å²) in [5, 5.41) is 0. The van der Waals surface area contributed by atoms with Crippen molar-refractivity contribution in [3.63, 3.8) is 0 Å². The van der Waals surface area contributed by atoms with Gasteiger partial charge >= 0.3 is 11.9 Å². The fourth-order valence-electron chi connectivity index (χ4n) is 1.81. The Bertz CT molecular complexity index is 594. The molecule has 0 saturated carbocycles. The molecular weight excluding hydrogens is 300 g/mol. The molecule has 1 rings (SSSR count). The van der Waals surface area contributed by atoms with Gasteiger partial charge in [-0.2, -0.15) is 4.57 Å². The SMILES string of the molecule is CCN(CC)C(=O)c1ccc[n+](COC(=O)/C=C/C(=O)OC)c1. The van der Waals surface area contributed by atoms with Crippen molar-refractivity contribution in [2.24, 2.45) is 0 Å². The molecule has 7 heteroatoms. The van der Waals surface area contributed by atoms with Crippen LogP contribution in [0.3, 0.4) is 0 Å². The van der Waals surface area contributed by atoms with Gasteiger partial charge in [-0.05, 0) is 19.9 Å². The maximum Gasteiger partial charge on any atom is 0.335 e. The molecule has 0 atom stereocenters. The maximum absolute atomic E-state index is 12.3. The molecule has 1 aromatic heterocycles. The van der Waals surface area contributed by atoms with Gasteiger partial charge in [-0.25, -0.2) is 9.59 Å². The molecule has 23 heavy (non-hydrogen) atoms. The smallest absolute Gasteiger partial charge is 0.335 e. The highest BCUT2D eigenvalue weighted by Crippen LogP contribution is 2.02. The van der Waals surface area contributed by atoms with E-state index in [1.54, 1.807) is 34.0 Å². The number of nitrogens with zero attached hydrogens (tertiary/aromatic N) is 2. The summed E-state index contributed by atoms with van der Waals surface area (Å²) in [5.74, 6) is -1.40. The fraction of sp³-hybridized carbons (Fsp3) is 0.375. The minimum absolute atomic E-state index is 0.0658. The molecule has 1 aromatic rings. The lowest BCUT2D eigenvalue weighted by molar-refractivity contribution is -0.727. The van der Waals surface area contributed by atoms with Gasteiger partial charge in [0.25, 0.3) is 12.6 Å². The van der Waals surface area contributed by atoms with Gasteiger partial charge in [-0.1, -0.05) is 0 Å². The molecule has 0 aliphatic heterocycles. The predicted molar refractivity (Wildman–Crippen MR) is 81.1 cm³/mol. The first-order chi connectivity index (χ1) is 11.0. The van der Waals surface area contributed by atoms with Crippen LogP contribution in [0.1, 0.15) is 24.2 Å². The van der Waals surface area contributed by atoms with Gasteiger partial charge in [0.1, 0.15) is 5.56 Å². The Hall–Kier alpha value is -2.70. The Balaban J connectivity index is 2.67. The molecule has 124 valence electrons. The van der Waals surface area contributed by atoms with Crippen LogP contribution in [-0.2, 0) is 25.8 Å². The van der Waals surface area contributed by atoms with E-state index in [9.17, 15) is 14.4 Å². The third-order valence-electron chi connectivity index (χ3n) is 3.07. The number of carbonyl (C=O) groups excluding carboxylic acids is 3. The zero-order valence-corrected chi connectivity index (χ0v) is 13.5. The molecule has 0 aliphatic carbocycles. The second kappa shape index (κ2) is 9.34. The zero-order chi connectivity index (χ0) is 17.2. The average molecular weight is 321 g/mol. The summed E-state index contributed by atoms with van der Waals surface area (Å²) >= 11 is 0. The summed E-state index contributed by atoms with van der Waals surface area (Å²) in [4.78, 5) is 36.3. The molecule has 0 saturated heterocycles. The van der Waals surface area contributed by atoms with Crippen molar-refractivity contribution in [2.45, 2.75) is 20.6 Å². The molecule has 0 aliphatic rings. The van der Waals surface area contributed by atoms with Crippen molar-refractivity contribution in [1.29, 1.82) is 0 Å². The molecule has 0 spiro atoms. The van der Waals surface area contributed by atoms with Gasteiger partial charge < -0.3 is 14.4 Å². The lowest BCUT2D eigenvalue weighted by Gasteiger charge is -2.17. The Morgan fingerprint density at radius 1 is 1.17 bits per heavy atom. The first kappa shape index (κ1) is 18.3. The highest BCUT2D eigenvalue weighted by molar-refractivity contribution is 5.93. The van der Waals surface area contributed by atoms with Gasteiger partial charge in [-0.15, -0.1) is 0 Å². The van der Waals surface area contributed by atoms with Gasteiger partial charge in [0.2, 0.25) is 0 Å². The number of ether oxygens (including phenoxy) is 2. The molecule has 0 fully saturated rings. The summed E-state index contributed by atoms with van der Waals surface area (Å²) in [7, 11) is 1.21. The average Bonchev–Trinajstić information content (AvgIpc) is 2.58. The lowest BCUT2D eigenvalue weighted by Crippen LogP contribution is -2.38. The quantitative estimate of drug-likeness (QED) is 0.419. The third-order valence-corrected chi connectivity index (χ3v) is 3.07. The highest BCUT2D eigenvalue weighted by Gasteiger charge is 2.16. The largest absolute Gasteiger partial charge is 0.466 e. The van der Waals surface area contributed by atoms with Crippen molar-refractivity contribution in [2.75, 3.05) is 20.2 Å². The van der Waals surface area contributed by atoms with Crippen molar-refractivity contribution < 1.29 is 28.4 Å². The van der Waals surface area contributed by atoms with E-state index >= 15 is 0 Å². The highest BCUT2D eigenvalue weighted by atomic mass is 16.5. The normalized spacial score (nSPS) is 10.4. The molecular formula is C16H21N2O5+.